The Bertz CT molecular complexity index is 503. The van der Waals surface area contributed by atoms with Gasteiger partial charge in [0.15, 0.2) is 0 Å². The molecule has 20 heavy (non-hydrogen) atoms. The fraction of sp³-hybridized carbons (Fsp3) is 0.588. The van der Waals surface area contributed by atoms with Crippen LogP contribution in [0.5, 0.6) is 0 Å². The molecule has 0 amide bonds. The molecule has 0 aromatic heterocycles. The van der Waals surface area contributed by atoms with Crippen LogP contribution < -0.4 is 0 Å². The van der Waals surface area contributed by atoms with E-state index in [2.05, 4.69) is 38.1 Å². The summed E-state index contributed by atoms with van der Waals surface area (Å²) in [4.78, 5) is 12.2. The number of hydrogen-bond acceptors (Lipinski definition) is 3. The lowest BCUT2D eigenvalue weighted by Gasteiger charge is -2.19. The number of hydrogen-bond donors (Lipinski definition) is 0. The monoisotopic (exact) mass is 276 g/mol. The Morgan fingerprint density at radius 3 is 2.10 bits per heavy atom. The molecule has 0 radical (unpaired) electrons. The van der Waals surface area contributed by atoms with Crippen molar-refractivity contribution in [3.8, 4) is 0 Å². The molecule has 3 nitrogen and oxygen atoms in total. The molecule has 3 heteroatoms. The van der Waals surface area contributed by atoms with E-state index in [0.717, 1.165) is 5.56 Å². The van der Waals surface area contributed by atoms with Crippen LogP contribution in [0.4, 0.5) is 0 Å². The van der Waals surface area contributed by atoms with Gasteiger partial charge in [-0.25, -0.2) is 4.79 Å². The molecule has 1 heterocycles. The van der Waals surface area contributed by atoms with Crippen molar-refractivity contribution in [3.63, 3.8) is 0 Å². The summed E-state index contributed by atoms with van der Waals surface area (Å²) in [6, 6.07) is 8.33. The third-order valence-electron chi connectivity index (χ3n) is 4.46. The number of ether oxygens (including phenoxy) is 2. The van der Waals surface area contributed by atoms with Gasteiger partial charge in [0.1, 0.15) is 5.60 Å². The summed E-state index contributed by atoms with van der Waals surface area (Å²) < 4.78 is 10.9. The van der Waals surface area contributed by atoms with Crippen molar-refractivity contribution in [1.82, 2.24) is 0 Å². The highest BCUT2D eigenvalue weighted by Gasteiger charge is 2.75. The highest BCUT2D eigenvalue weighted by molar-refractivity contribution is 5.85. The Hall–Kier alpha value is -1.35. The minimum absolute atomic E-state index is 0.0599. The molecule has 2 unspecified atom stereocenters. The molecule has 1 aromatic carbocycles. The number of methoxy groups -OCH3 is 1. The van der Waals surface area contributed by atoms with Gasteiger partial charge in [0, 0.05) is 0 Å². The molecule has 1 saturated heterocycles. The van der Waals surface area contributed by atoms with Crippen LogP contribution in [0, 0.1) is 5.92 Å². The van der Waals surface area contributed by atoms with E-state index in [0.29, 0.717) is 5.92 Å². The van der Waals surface area contributed by atoms with E-state index in [1.54, 1.807) is 0 Å². The van der Waals surface area contributed by atoms with Crippen molar-refractivity contribution in [2.75, 3.05) is 7.11 Å². The number of carbonyl (C=O) groups is 1. The van der Waals surface area contributed by atoms with Gasteiger partial charge in [-0.3, -0.25) is 0 Å². The summed E-state index contributed by atoms with van der Waals surface area (Å²) >= 11 is 0. The maximum absolute atomic E-state index is 12.2. The first kappa shape index (κ1) is 15.0. The number of rotatable bonds is 4. The summed E-state index contributed by atoms with van der Waals surface area (Å²) in [7, 11) is 1.41. The summed E-state index contributed by atoms with van der Waals surface area (Å²) in [5, 5.41) is 0. The molecule has 2 rings (SSSR count). The van der Waals surface area contributed by atoms with Gasteiger partial charge in [-0.1, -0.05) is 52.0 Å². The van der Waals surface area contributed by atoms with E-state index in [1.165, 1.54) is 12.7 Å². The average molecular weight is 276 g/mol. The predicted molar refractivity (Wildman–Crippen MR) is 78.6 cm³/mol. The normalized spacial score (nSPS) is 28.8. The second-order valence-corrected chi connectivity index (χ2v) is 6.29. The predicted octanol–water partition coefficient (Wildman–Crippen LogP) is 3.62. The summed E-state index contributed by atoms with van der Waals surface area (Å²) in [5.74, 6) is 0.264. The molecular formula is C17H24O3. The molecule has 2 atom stereocenters. The summed E-state index contributed by atoms with van der Waals surface area (Å²) in [6.45, 7) is 10.3. The summed E-state index contributed by atoms with van der Waals surface area (Å²) in [6.07, 6.45) is 0. The molecule has 1 aliphatic heterocycles. The summed E-state index contributed by atoms with van der Waals surface area (Å²) in [5.41, 5.74) is 0.859. The quantitative estimate of drug-likeness (QED) is 0.622. The molecule has 0 spiro atoms. The van der Waals surface area contributed by atoms with Crippen LogP contribution in [0.15, 0.2) is 24.3 Å². The van der Waals surface area contributed by atoms with Crippen molar-refractivity contribution in [1.29, 1.82) is 0 Å². The molecule has 0 aliphatic carbocycles. The average Bonchev–Trinajstić information content (AvgIpc) is 3.07. The van der Waals surface area contributed by atoms with Gasteiger partial charge in [-0.05, 0) is 29.9 Å². The highest BCUT2D eigenvalue weighted by atomic mass is 16.7. The maximum Gasteiger partial charge on any atom is 0.341 e. The Morgan fingerprint density at radius 2 is 1.70 bits per heavy atom. The number of epoxide rings is 1. The SMILES string of the molecule is COC(=O)C1(C(C)C)OC1(C)c1ccc(C(C)C)cc1. The molecule has 110 valence electrons. The minimum atomic E-state index is -0.860. The number of esters is 1. The Labute approximate surface area is 121 Å². The largest absolute Gasteiger partial charge is 0.467 e. The lowest BCUT2D eigenvalue weighted by Crippen LogP contribution is -2.37. The smallest absolute Gasteiger partial charge is 0.341 e. The van der Waals surface area contributed by atoms with Gasteiger partial charge in [-0.2, -0.15) is 0 Å². The first-order valence-corrected chi connectivity index (χ1v) is 7.18. The van der Waals surface area contributed by atoms with Crippen molar-refractivity contribution in [2.24, 2.45) is 5.92 Å². The van der Waals surface area contributed by atoms with Crippen LogP contribution in [0.3, 0.4) is 0 Å². The maximum atomic E-state index is 12.2. The van der Waals surface area contributed by atoms with Crippen LogP contribution in [0.1, 0.15) is 51.7 Å². The van der Waals surface area contributed by atoms with E-state index < -0.39 is 11.2 Å². The van der Waals surface area contributed by atoms with Crippen LogP contribution in [0.25, 0.3) is 0 Å². The first-order valence-electron chi connectivity index (χ1n) is 7.18. The Kier molecular flexibility index (Phi) is 3.67. The highest BCUT2D eigenvalue weighted by Crippen LogP contribution is 2.60. The van der Waals surface area contributed by atoms with Crippen molar-refractivity contribution >= 4 is 5.97 Å². The third kappa shape index (κ3) is 1.96. The van der Waals surface area contributed by atoms with Gasteiger partial charge in [0.25, 0.3) is 0 Å². The standard InChI is InChI=1S/C17H24O3/c1-11(2)13-7-9-14(10-8-13)16(5)17(20-16,12(3)4)15(18)19-6/h7-12H,1-6H3. The topological polar surface area (TPSA) is 38.8 Å². The third-order valence-corrected chi connectivity index (χ3v) is 4.46. The molecular weight excluding hydrogens is 252 g/mol. The molecule has 1 fully saturated rings. The minimum Gasteiger partial charge on any atom is -0.467 e. The van der Waals surface area contributed by atoms with E-state index in [9.17, 15) is 4.79 Å². The number of benzene rings is 1. The van der Waals surface area contributed by atoms with E-state index >= 15 is 0 Å². The molecule has 0 N–H and O–H groups in total. The van der Waals surface area contributed by atoms with Gasteiger partial charge in [0.05, 0.1) is 7.11 Å². The lowest BCUT2D eigenvalue weighted by atomic mass is 9.80. The molecule has 1 aromatic rings. The zero-order valence-corrected chi connectivity index (χ0v) is 13.2. The molecule has 0 bridgehead atoms. The van der Waals surface area contributed by atoms with Crippen LogP contribution in [-0.4, -0.2) is 18.7 Å². The van der Waals surface area contributed by atoms with Crippen LogP contribution in [-0.2, 0) is 19.9 Å². The van der Waals surface area contributed by atoms with Gasteiger partial charge >= 0.3 is 5.97 Å². The van der Waals surface area contributed by atoms with Crippen molar-refractivity contribution in [2.45, 2.75) is 51.7 Å². The Morgan fingerprint density at radius 1 is 1.15 bits per heavy atom. The van der Waals surface area contributed by atoms with Crippen LogP contribution >= 0.6 is 0 Å². The Balaban J connectivity index is 2.35. The van der Waals surface area contributed by atoms with E-state index in [4.69, 9.17) is 9.47 Å². The zero-order chi connectivity index (χ0) is 15.1. The van der Waals surface area contributed by atoms with Gasteiger partial charge in [0.2, 0.25) is 5.60 Å². The fourth-order valence-electron chi connectivity index (χ4n) is 3.05. The number of carbonyl (C=O) groups excluding carboxylic acids is 1. The lowest BCUT2D eigenvalue weighted by molar-refractivity contribution is -0.148. The van der Waals surface area contributed by atoms with E-state index in [1.807, 2.05) is 20.8 Å². The van der Waals surface area contributed by atoms with Crippen LogP contribution in [0.2, 0.25) is 0 Å². The fourth-order valence-corrected chi connectivity index (χ4v) is 3.05. The molecule has 1 aliphatic rings. The zero-order valence-electron chi connectivity index (χ0n) is 13.2. The second-order valence-electron chi connectivity index (χ2n) is 6.29. The van der Waals surface area contributed by atoms with Gasteiger partial charge in [-0.15, -0.1) is 0 Å². The van der Waals surface area contributed by atoms with Crippen molar-refractivity contribution < 1.29 is 14.3 Å². The second kappa shape index (κ2) is 4.88. The van der Waals surface area contributed by atoms with Gasteiger partial charge < -0.3 is 9.47 Å². The van der Waals surface area contributed by atoms with Crippen molar-refractivity contribution in [3.05, 3.63) is 35.4 Å². The first-order chi connectivity index (χ1) is 9.29. The van der Waals surface area contributed by atoms with E-state index in [-0.39, 0.29) is 11.9 Å². The molecule has 0 saturated carbocycles.